The van der Waals surface area contributed by atoms with E-state index in [2.05, 4.69) is 9.47 Å². The lowest BCUT2D eigenvalue weighted by atomic mass is 10.2. The molecule has 0 aromatic carbocycles. The highest BCUT2D eigenvalue weighted by Crippen LogP contribution is 2.03. The molecule has 0 atom stereocenters. The smallest absolute Gasteiger partial charge is 0.309 e. The standard InChI is InChI=1S/C9H14O4/c1-7(6-9(11)13-3)4-5-8(10)12-2/h4H,5-6H2,1-3H3/b7-4-. The Morgan fingerprint density at radius 3 is 2.15 bits per heavy atom. The van der Waals surface area contributed by atoms with Crippen LogP contribution in [0.1, 0.15) is 19.8 Å². The molecule has 0 fully saturated rings. The van der Waals surface area contributed by atoms with E-state index in [9.17, 15) is 9.59 Å². The first kappa shape index (κ1) is 11.7. The van der Waals surface area contributed by atoms with Gasteiger partial charge in [0.15, 0.2) is 0 Å². The molecule has 0 amide bonds. The van der Waals surface area contributed by atoms with Gasteiger partial charge in [0.05, 0.1) is 27.1 Å². The van der Waals surface area contributed by atoms with Crippen molar-refractivity contribution in [3.05, 3.63) is 11.6 Å². The van der Waals surface area contributed by atoms with Crippen LogP contribution >= 0.6 is 0 Å². The van der Waals surface area contributed by atoms with Crippen molar-refractivity contribution < 1.29 is 19.1 Å². The minimum Gasteiger partial charge on any atom is -0.469 e. The van der Waals surface area contributed by atoms with Crippen LogP contribution in [0, 0.1) is 0 Å². The molecule has 0 aliphatic rings. The van der Waals surface area contributed by atoms with Gasteiger partial charge >= 0.3 is 11.9 Å². The lowest BCUT2D eigenvalue weighted by Crippen LogP contribution is -2.02. The van der Waals surface area contributed by atoms with Gasteiger partial charge in [0, 0.05) is 0 Å². The molecular formula is C9H14O4. The number of ether oxygens (including phenoxy) is 2. The Labute approximate surface area is 77.5 Å². The Balaban J connectivity index is 3.88. The second kappa shape index (κ2) is 6.22. The first-order chi connectivity index (χ1) is 6.10. The Bertz CT molecular complexity index is 218. The predicted molar refractivity (Wildman–Crippen MR) is 47.0 cm³/mol. The third-order valence-electron chi connectivity index (χ3n) is 1.50. The molecule has 0 aliphatic carbocycles. The molecule has 4 heteroatoms. The largest absolute Gasteiger partial charge is 0.469 e. The Morgan fingerprint density at radius 1 is 1.15 bits per heavy atom. The third-order valence-corrected chi connectivity index (χ3v) is 1.50. The van der Waals surface area contributed by atoms with Gasteiger partial charge in [-0.1, -0.05) is 11.6 Å². The van der Waals surface area contributed by atoms with E-state index in [-0.39, 0.29) is 24.8 Å². The zero-order chi connectivity index (χ0) is 10.3. The van der Waals surface area contributed by atoms with E-state index in [4.69, 9.17) is 0 Å². The molecule has 0 unspecified atom stereocenters. The van der Waals surface area contributed by atoms with Crippen molar-refractivity contribution in [2.24, 2.45) is 0 Å². The fourth-order valence-corrected chi connectivity index (χ4v) is 0.713. The topological polar surface area (TPSA) is 52.6 Å². The van der Waals surface area contributed by atoms with Crippen LogP contribution < -0.4 is 0 Å². The number of methoxy groups -OCH3 is 2. The summed E-state index contributed by atoms with van der Waals surface area (Å²) in [6.07, 6.45) is 2.07. The summed E-state index contributed by atoms with van der Waals surface area (Å²) in [6.45, 7) is 1.76. The van der Waals surface area contributed by atoms with Gasteiger partial charge in [-0.15, -0.1) is 0 Å². The van der Waals surface area contributed by atoms with Crippen LogP contribution in [0.15, 0.2) is 11.6 Å². The molecular weight excluding hydrogens is 172 g/mol. The molecule has 4 nitrogen and oxygen atoms in total. The van der Waals surface area contributed by atoms with E-state index in [1.165, 1.54) is 14.2 Å². The number of hydrogen-bond donors (Lipinski definition) is 0. The average Bonchev–Trinajstić information content (AvgIpc) is 2.13. The van der Waals surface area contributed by atoms with Crippen molar-refractivity contribution >= 4 is 11.9 Å². The normalized spacial score (nSPS) is 10.8. The summed E-state index contributed by atoms with van der Waals surface area (Å²) in [4.78, 5) is 21.4. The van der Waals surface area contributed by atoms with Crippen LogP contribution in [0.5, 0.6) is 0 Å². The summed E-state index contributed by atoms with van der Waals surface area (Å²) in [6, 6.07) is 0. The maximum atomic E-state index is 10.8. The molecule has 0 spiro atoms. The Kier molecular flexibility index (Phi) is 5.59. The van der Waals surface area contributed by atoms with Crippen LogP contribution in [0.25, 0.3) is 0 Å². The number of hydrogen-bond acceptors (Lipinski definition) is 4. The summed E-state index contributed by atoms with van der Waals surface area (Å²) in [5.41, 5.74) is 0.803. The highest BCUT2D eigenvalue weighted by atomic mass is 16.5. The van der Waals surface area contributed by atoms with E-state index in [0.29, 0.717) is 0 Å². The molecule has 13 heavy (non-hydrogen) atoms. The fraction of sp³-hybridized carbons (Fsp3) is 0.556. The molecule has 74 valence electrons. The van der Waals surface area contributed by atoms with E-state index in [1.54, 1.807) is 13.0 Å². The van der Waals surface area contributed by atoms with E-state index < -0.39 is 0 Å². The van der Waals surface area contributed by atoms with Gasteiger partial charge in [0.2, 0.25) is 0 Å². The van der Waals surface area contributed by atoms with Crippen LogP contribution in [-0.2, 0) is 19.1 Å². The molecule has 0 aromatic rings. The van der Waals surface area contributed by atoms with Crippen molar-refractivity contribution in [1.82, 2.24) is 0 Å². The number of carbonyl (C=O) groups excluding carboxylic acids is 2. The molecule has 0 aromatic heterocycles. The van der Waals surface area contributed by atoms with Gasteiger partial charge in [-0.05, 0) is 6.92 Å². The van der Waals surface area contributed by atoms with E-state index in [0.717, 1.165) is 5.57 Å². The van der Waals surface area contributed by atoms with Crippen molar-refractivity contribution in [1.29, 1.82) is 0 Å². The molecule has 0 bridgehead atoms. The van der Waals surface area contributed by atoms with Gasteiger partial charge in [-0.2, -0.15) is 0 Å². The molecule has 0 rings (SSSR count). The maximum absolute atomic E-state index is 10.8. The summed E-state index contributed by atoms with van der Waals surface area (Å²) >= 11 is 0. The lowest BCUT2D eigenvalue weighted by Gasteiger charge is -1.99. The fourth-order valence-electron chi connectivity index (χ4n) is 0.713. The van der Waals surface area contributed by atoms with Gasteiger partial charge < -0.3 is 9.47 Å². The van der Waals surface area contributed by atoms with Gasteiger partial charge in [0.25, 0.3) is 0 Å². The highest BCUT2D eigenvalue weighted by molar-refractivity contribution is 5.73. The number of carbonyl (C=O) groups is 2. The third kappa shape index (κ3) is 5.90. The van der Waals surface area contributed by atoms with Crippen LogP contribution in [0.2, 0.25) is 0 Å². The Morgan fingerprint density at radius 2 is 1.69 bits per heavy atom. The van der Waals surface area contributed by atoms with Crippen molar-refractivity contribution in [3.63, 3.8) is 0 Å². The summed E-state index contributed by atoms with van der Waals surface area (Å²) in [7, 11) is 2.65. The Hall–Kier alpha value is -1.32. The second-order valence-corrected chi connectivity index (χ2v) is 2.58. The van der Waals surface area contributed by atoms with Crippen LogP contribution in [-0.4, -0.2) is 26.2 Å². The molecule has 0 saturated carbocycles. The van der Waals surface area contributed by atoms with Gasteiger partial charge in [-0.25, -0.2) is 0 Å². The van der Waals surface area contributed by atoms with E-state index in [1.807, 2.05) is 0 Å². The summed E-state index contributed by atoms with van der Waals surface area (Å²) < 4.78 is 8.89. The first-order valence-electron chi connectivity index (χ1n) is 3.89. The number of rotatable bonds is 4. The molecule has 0 saturated heterocycles. The molecule has 0 N–H and O–H groups in total. The molecule has 0 heterocycles. The lowest BCUT2D eigenvalue weighted by molar-refractivity contribution is -0.141. The van der Waals surface area contributed by atoms with Gasteiger partial charge in [0.1, 0.15) is 0 Å². The highest BCUT2D eigenvalue weighted by Gasteiger charge is 2.02. The average molecular weight is 186 g/mol. The minimum atomic E-state index is -0.316. The summed E-state index contributed by atoms with van der Waals surface area (Å²) in [5, 5.41) is 0. The van der Waals surface area contributed by atoms with E-state index >= 15 is 0 Å². The second-order valence-electron chi connectivity index (χ2n) is 2.58. The quantitative estimate of drug-likeness (QED) is 0.486. The molecule has 0 aliphatic heterocycles. The maximum Gasteiger partial charge on any atom is 0.309 e. The monoisotopic (exact) mass is 186 g/mol. The van der Waals surface area contributed by atoms with Crippen LogP contribution in [0.3, 0.4) is 0 Å². The van der Waals surface area contributed by atoms with Crippen molar-refractivity contribution in [2.45, 2.75) is 19.8 Å². The summed E-state index contributed by atoms with van der Waals surface area (Å²) in [5.74, 6) is -0.622. The van der Waals surface area contributed by atoms with Gasteiger partial charge in [-0.3, -0.25) is 9.59 Å². The van der Waals surface area contributed by atoms with Crippen molar-refractivity contribution in [2.75, 3.05) is 14.2 Å². The van der Waals surface area contributed by atoms with Crippen LogP contribution in [0.4, 0.5) is 0 Å². The SMILES string of the molecule is COC(=O)C/C=C(/C)CC(=O)OC. The minimum absolute atomic E-state index is 0.194. The van der Waals surface area contributed by atoms with Crippen molar-refractivity contribution in [3.8, 4) is 0 Å². The first-order valence-corrected chi connectivity index (χ1v) is 3.89. The zero-order valence-corrected chi connectivity index (χ0v) is 8.12. The number of esters is 2. The molecule has 0 radical (unpaired) electrons. The predicted octanol–water partition coefficient (Wildman–Crippen LogP) is 1.06. The zero-order valence-electron chi connectivity index (χ0n) is 8.12.